The molecule has 1 aliphatic rings. The van der Waals surface area contributed by atoms with Crippen LogP contribution in [0.15, 0.2) is 28.0 Å². The average molecular weight is 369 g/mol. The highest BCUT2D eigenvalue weighted by molar-refractivity contribution is 7.89. The highest BCUT2D eigenvalue weighted by Crippen LogP contribution is 2.21. The van der Waals surface area contributed by atoms with Crippen molar-refractivity contribution in [2.45, 2.75) is 57.5 Å². The molecule has 1 amide bonds. The number of sulfonamides is 1. The second kappa shape index (κ2) is 8.14. The number of nitrogens with zero attached hydrogens (tertiary/aromatic N) is 2. The fraction of sp³-hybridized carbons (Fsp3) is 0.647. The van der Waals surface area contributed by atoms with Gasteiger partial charge in [-0.2, -0.15) is 4.31 Å². The molecule has 1 saturated heterocycles. The smallest absolute Gasteiger partial charge is 0.271 e. The van der Waals surface area contributed by atoms with Gasteiger partial charge >= 0.3 is 0 Å². The Hall–Kier alpha value is -1.67. The molecule has 0 saturated carbocycles. The van der Waals surface area contributed by atoms with E-state index in [1.54, 1.807) is 0 Å². The molecule has 140 valence electrons. The first kappa shape index (κ1) is 19.7. The third-order valence-electron chi connectivity index (χ3n) is 4.68. The van der Waals surface area contributed by atoms with Crippen molar-refractivity contribution in [3.63, 3.8) is 0 Å². The van der Waals surface area contributed by atoms with Crippen molar-refractivity contribution in [3.05, 3.63) is 28.7 Å². The third-order valence-corrected chi connectivity index (χ3v) is 6.59. The molecular weight excluding hydrogens is 342 g/mol. The molecule has 1 aliphatic heterocycles. The van der Waals surface area contributed by atoms with Gasteiger partial charge in [-0.15, -0.1) is 0 Å². The lowest BCUT2D eigenvalue weighted by Gasteiger charge is -2.29. The van der Waals surface area contributed by atoms with Crippen molar-refractivity contribution in [2.24, 2.45) is 5.92 Å². The van der Waals surface area contributed by atoms with Crippen molar-refractivity contribution in [1.82, 2.24) is 14.2 Å². The van der Waals surface area contributed by atoms with Gasteiger partial charge in [0.05, 0.1) is 0 Å². The second-order valence-corrected chi connectivity index (χ2v) is 8.68. The summed E-state index contributed by atoms with van der Waals surface area (Å²) in [4.78, 5) is 24.3. The van der Waals surface area contributed by atoms with E-state index in [0.29, 0.717) is 19.0 Å². The molecule has 2 rings (SSSR count). The molecule has 0 bridgehead atoms. The fourth-order valence-electron chi connectivity index (χ4n) is 2.78. The zero-order valence-corrected chi connectivity index (χ0v) is 15.9. The number of nitrogens with one attached hydrogen (secondary N) is 1. The molecule has 8 heteroatoms. The predicted octanol–water partition coefficient (Wildman–Crippen LogP) is 1.18. The van der Waals surface area contributed by atoms with Gasteiger partial charge in [0.2, 0.25) is 15.9 Å². The van der Waals surface area contributed by atoms with Gasteiger partial charge in [0, 0.05) is 25.3 Å². The average Bonchev–Trinajstić information content (AvgIpc) is 2.56. The first-order valence-corrected chi connectivity index (χ1v) is 10.2. The Kier molecular flexibility index (Phi) is 6.40. The molecule has 0 unspecified atom stereocenters. The summed E-state index contributed by atoms with van der Waals surface area (Å²) < 4.78 is 28.1. The monoisotopic (exact) mass is 369 g/mol. The van der Waals surface area contributed by atoms with E-state index in [1.165, 1.54) is 22.6 Å². The van der Waals surface area contributed by atoms with Gasteiger partial charge in [0.15, 0.2) is 0 Å². The SMILES string of the molecule is CC[C@H](C)NC(=O)Cn1cccc(S(=O)(=O)N2CCC(C)CC2)c1=O. The van der Waals surface area contributed by atoms with E-state index in [2.05, 4.69) is 12.2 Å². The summed E-state index contributed by atoms with van der Waals surface area (Å²) >= 11 is 0. The number of piperidine rings is 1. The summed E-state index contributed by atoms with van der Waals surface area (Å²) in [6, 6.07) is 2.82. The summed E-state index contributed by atoms with van der Waals surface area (Å²) in [6.07, 6.45) is 3.80. The van der Waals surface area contributed by atoms with Gasteiger partial charge in [0.25, 0.3) is 5.56 Å². The molecule has 0 aromatic carbocycles. The number of aromatic nitrogens is 1. The fourth-order valence-corrected chi connectivity index (χ4v) is 4.34. The molecule has 1 atom stereocenters. The van der Waals surface area contributed by atoms with E-state index >= 15 is 0 Å². The van der Waals surface area contributed by atoms with Gasteiger partial charge in [-0.1, -0.05) is 13.8 Å². The summed E-state index contributed by atoms with van der Waals surface area (Å²) in [6.45, 7) is 6.57. The molecule has 0 spiro atoms. The van der Waals surface area contributed by atoms with Crippen LogP contribution in [0, 0.1) is 5.92 Å². The molecule has 0 radical (unpaired) electrons. The number of carbonyl (C=O) groups excluding carboxylic acids is 1. The molecule has 1 aromatic rings. The zero-order valence-electron chi connectivity index (χ0n) is 15.1. The van der Waals surface area contributed by atoms with Crippen molar-refractivity contribution < 1.29 is 13.2 Å². The van der Waals surface area contributed by atoms with Gasteiger partial charge in [-0.3, -0.25) is 9.59 Å². The number of hydrogen-bond donors (Lipinski definition) is 1. The molecule has 1 fully saturated rings. The minimum absolute atomic E-state index is 0.00505. The molecule has 0 aliphatic carbocycles. The van der Waals surface area contributed by atoms with Crippen LogP contribution in [-0.2, 0) is 21.4 Å². The van der Waals surface area contributed by atoms with E-state index in [4.69, 9.17) is 0 Å². The van der Waals surface area contributed by atoms with E-state index in [9.17, 15) is 18.0 Å². The highest BCUT2D eigenvalue weighted by atomic mass is 32.2. The summed E-state index contributed by atoms with van der Waals surface area (Å²) in [5.41, 5.74) is -0.652. The number of rotatable bonds is 6. The topological polar surface area (TPSA) is 88.5 Å². The largest absolute Gasteiger partial charge is 0.352 e. The molecular formula is C17H27N3O4S. The normalized spacial score (nSPS) is 18.0. The van der Waals surface area contributed by atoms with E-state index < -0.39 is 15.6 Å². The lowest BCUT2D eigenvalue weighted by atomic mass is 10.0. The summed E-state index contributed by atoms with van der Waals surface area (Å²) in [5.74, 6) is 0.181. The maximum atomic E-state index is 12.8. The van der Waals surface area contributed by atoms with Crippen molar-refractivity contribution in [2.75, 3.05) is 13.1 Å². The molecule has 7 nitrogen and oxygen atoms in total. The lowest BCUT2D eigenvalue weighted by Crippen LogP contribution is -2.42. The van der Waals surface area contributed by atoms with Gasteiger partial charge in [-0.25, -0.2) is 8.42 Å². The minimum Gasteiger partial charge on any atom is -0.352 e. The first-order chi connectivity index (χ1) is 11.8. The second-order valence-electron chi connectivity index (χ2n) is 6.77. The van der Waals surface area contributed by atoms with Crippen LogP contribution in [0.25, 0.3) is 0 Å². The Labute approximate surface area is 149 Å². The molecule has 25 heavy (non-hydrogen) atoms. The predicted molar refractivity (Wildman–Crippen MR) is 95.8 cm³/mol. The Bertz CT molecular complexity index is 764. The van der Waals surface area contributed by atoms with Crippen LogP contribution in [0.3, 0.4) is 0 Å². The maximum Gasteiger partial charge on any atom is 0.271 e. The van der Waals surface area contributed by atoms with Gasteiger partial charge in [-0.05, 0) is 44.2 Å². The maximum absolute atomic E-state index is 12.8. The summed E-state index contributed by atoms with van der Waals surface area (Å²) in [7, 11) is -3.83. The van der Waals surface area contributed by atoms with Crippen LogP contribution in [0.4, 0.5) is 0 Å². The number of hydrogen-bond acceptors (Lipinski definition) is 4. The quantitative estimate of drug-likeness (QED) is 0.816. The van der Waals surface area contributed by atoms with Crippen LogP contribution in [0.1, 0.15) is 40.0 Å². The number of carbonyl (C=O) groups is 1. The number of amides is 1. The van der Waals surface area contributed by atoms with E-state index in [-0.39, 0.29) is 23.4 Å². The van der Waals surface area contributed by atoms with E-state index in [1.807, 2.05) is 13.8 Å². The Morgan fingerprint density at radius 3 is 2.60 bits per heavy atom. The standard InChI is InChI=1S/C17H27N3O4S/c1-4-14(3)18-16(21)12-19-9-5-6-15(17(19)22)25(23,24)20-10-7-13(2)8-11-20/h5-6,9,13-14H,4,7-8,10-12H2,1-3H3,(H,18,21)/t14-/m0/s1. The lowest BCUT2D eigenvalue weighted by molar-refractivity contribution is -0.122. The van der Waals surface area contributed by atoms with Crippen LogP contribution in [-0.4, -0.2) is 42.3 Å². The zero-order chi connectivity index (χ0) is 18.6. The van der Waals surface area contributed by atoms with E-state index in [0.717, 1.165) is 23.8 Å². The molecule has 2 heterocycles. The highest BCUT2D eigenvalue weighted by Gasteiger charge is 2.30. The van der Waals surface area contributed by atoms with Gasteiger partial charge in [0.1, 0.15) is 11.4 Å². The van der Waals surface area contributed by atoms with Crippen LogP contribution in [0.2, 0.25) is 0 Å². The summed E-state index contributed by atoms with van der Waals surface area (Å²) in [5, 5.41) is 2.77. The molecule has 1 N–H and O–H groups in total. The minimum atomic E-state index is -3.83. The molecule has 1 aromatic heterocycles. The van der Waals surface area contributed by atoms with Crippen molar-refractivity contribution in [3.8, 4) is 0 Å². The Morgan fingerprint density at radius 1 is 1.36 bits per heavy atom. The first-order valence-electron chi connectivity index (χ1n) is 8.74. The Balaban J connectivity index is 2.23. The van der Waals surface area contributed by atoms with Crippen LogP contribution < -0.4 is 10.9 Å². The van der Waals surface area contributed by atoms with Crippen LogP contribution >= 0.6 is 0 Å². The van der Waals surface area contributed by atoms with Crippen molar-refractivity contribution >= 4 is 15.9 Å². The number of pyridine rings is 1. The van der Waals surface area contributed by atoms with Gasteiger partial charge < -0.3 is 9.88 Å². The van der Waals surface area contributed by atoms with Crippen molar-refractivity contribution in [1.29, 1.82) is 0 Å². The van der Waals surface area contributed by atoms with Crippen LogP contribution in [0.5, 0.6) is 0 Å². The Morgan fingerprint density at radius 2 is 2.00 bits per heavy atom. The third kappa shape index (κ3) is 4.70.